The topological polar surface area (TPSA) is 118 Å². The highest BCUT2D eigenvalue weighted by Gasteiger charge is 2.17. The summed E-state index contributed by atoms with van der Waals surface area (Å²) in [5.41, 5.74) is -0.213. The molecule has 0 aliphatic heterocycles. The van der Waals surface area contributed by atoms with E-state index >= 15 is 0 Å². The molecule has 0 spiro atoms. The van der Waals surface area contributed by atoms with Gasteiger partial charge in [0.1, 0.15) is 0 Å². The summed E-state index contributed by atoms with van der Waals surface area (Å²) in [6.45, 7) is 0. The Morgan fingerprint density at radius 3 is 2.67 bits per heavy atom. The normalized spacial score (nSPS) is 11.8. The first-order valence-electron chi connectivity index (χ1n) is 5.09. The fourth-order valence-electron chi connectivity index (χ4n) is 1.47. The molecule has 1 atom stereocenters. The summed E-state index contributed by atoms with van der Waals surface area (Å²) in [5.74, 6) is -1.05. The lowest BCUT2D eigenvalue weighted by atomic mass is 10.0. The number of aliphatic hydroxyl groups excluding tert-OH is 1. The molecule has 1 rings (SSSR count). The molecule has 1 unspecified atom stereocenters. The molecule has 96 valence electrons. The van der Waals surface area contributed by atoms with Gasteiger partial charge in [-0.05, 0) is 24.1 Å². The summed E-state index contributed by atoms with van der Waals surface area (Å²) < 4.78 is 0. The van der Waals surface area contributed by atoms with Gasteiger partial charge in [0.05, 0.1) is 16.6 Å². The fraction of sp³-hybridized carbons (Fsp3) is 0.273. The molecule has 2 N–H and O–H groups in total. The number of hydrogen-bond acceptors (Lipinski definition) is 5. The van der Waals surface area contributed by atoms with E-state index in [-0.39, 0.29) is 29.7 Å². The number of hydrogen-bond donors (Lipinski definition) is 2. The summed E-state index contributed by atoms with van der Waals surface area (Å²) in [7, 11) is 0. The van der Waals surface area contributed by atoms with E-state index in [1.165, 1.54) is 12.1 Å². The van der Waals surface area contributed by atoms with Crippen molar-refractivity contribution >= 4 is 17.9 Å². The summed E-state index contributed by atoms with van der Waals surface area (Å²) in [6.07, 6.45) is -0.994. The van der Waals surface area contributed by atoms with E-state index in [2.05, 4.69) is 0 Å². The van der Waals surface area contributed by atoms with E-state index in [1.54, 1.807) is 0 Å². The van der Waals surface area contributed by atoms with Crippen molar-refractivity contribution < 1.29 is 24.7 Å². The Morgan fingerprint density at radius 1 is 1.50 bits per heavy atom. The predicted molar refractivity (Wildman–Crippen MR) is 60.3 cm³/mol. The number of carbonyl (C=O) groups excluding carboxylic acids is 1. The number of benzene rings is 1. The Morgan fingerprint density at radius 2 is 2.17 bits per heavy atom. The highest BCUT2D eigenvalue weighted by Crippen LogP contribution is 2.24. The zero-order valence-corrected chi connectivity index (χ0v) is 9.28. The highest BCUT2D eigenvalue weighted by atomic mass is 16.6. The summed E-state index contributed by atoms with van der Waals surface area (Å²) in [5, 5.41) is 28.7. The van der Waals surface area contributed by atoms with Crippen LogP contribution in [-0.4, -0.2) is 27.4 Å². The number of aliphatic carboxylic acids is 1. The first kappa shape index (κ1) is 13.8. The summed E-state index contributed by atoms with van der Waals surface area (Å²) in [4.78, 5) is 30.9. The van der Waals surface area contributed by atoms with Gasteiger partial charge in [-0.3, -0.25) is 19.7 Å². The van der Waals surface area contributed by atoms with Crippen molar-refractivity contribution in [3.8, 4) is 0 Å². The molecule has 1 aromatic carbocycles. The van der Waals surface area contributed by atoms with Gasteiger partial charge in [0, 0.05) is 12.5 Å². The van der Waals surface area contributed by atoms with Gasteiger partial charge in [-0.2, -0.15) is 0 Å². The van der Waals surface area contributed by atoms with Crippen LogP contribution in [0.25, 0.3) is 0 Å². The van der Waals surface area contributed by atoms with Gasteiger partial charge < -0.3 is 10.2 Å². The molecular formula is C11H11NO6. The Labute approximate surface area is 102 Å². The number of aliphatic hydroxyl groups is 1. The average molecular weight is 253 g/mol. The van der Waals surface area contributed by atoms with Crippen LogP contribution in [0, 0.1) is 10.1 Å². The Kier molecular flexibility index (Phi) is 4.50. The number of nitrogens with zero attached hydrogens (tertiary/aromatic N) is 1. The van der Waals surface area contributed by atoms with Gasteiger partial charge in [-0.1, -0.05) is 0 Å². The number of nitro benzene ring substituents is 1. The molecule has 0 aliphatic carbocycles. The van der Waals surface area contributed by atoms with Gasteiger partial charge in [0.2, 0.25) is 0 Å². The van der Waals surface area contributed by atoms with E-state index in [9.17, 15) is 24.8 Å². The lowest BCUT2D eigenvalue weighted by Crippen LogP contribution is -2.04. The van der Waals surface area contributed by atoms with Crippen LogP contribution in [0.5, 0.6) is 0 Å². The van der Waals surface area contributed by atoms with E-state index in [1.807, 2.05) is 0 Å². The van der Waals surface area contributed by atoms with E-state index in [0.717, 1.165) is 6.07 Å². The molecule has 0 aliphatic rings. The molecule has 0 saturated heterocycles. The first-order chi connectivity index (χ1) is 8.45. The monoisotopic (exact) mass is 253 g/mol. The Hall–Kier alpha value is -2.28. The molecular weight excluding hydrogens is 242 g/mol. The van der Waals surface area contributed by atoms with Crippen LogP contribution in [0.2, 0.25) is 0 Å². The standard InChI is InChI=1S/C11H11NO6/c13-6-8-5-7(1-2-9(8)12(17)18)10(14)3-4-11(15)16/h1-2,5-6,10,14H,3-4H2,(H,15,16). The number of carbonyl (C=O) groups is 2. The zero-order valence-electron chi connectivity index (χ0n) is 9.28. The summed E-state index contributed by atoms with van der Waals surface area (Å²) >= 11 is 0. The number of carboxylic acid groups (broad SMARTS) is 1. The molecule has 0 fully saturated rings. The van der Waals surface area contributed by atoms with Crippen molar-refractivity contribution in [3.63, 3.8) is 0 Å². The lowest BCUT2D eigenvalue weighted by molar-refractivity contribution is -0.385. The van der Waals surface area contributed by atoms with Crippen molar-refractivity contribution in [2.45, 2.75) is 18.9 Å². The quantitative estimate of drug-likeness (QED) is 0.448. The Balaban J connectivity index is 2.94. The van der Waals surface area contributed by atoms with Gasteiger partial charge in [-0.25, -0.2) is 0 Å². The molecule has 0 bridgehead atoms. The van der Waals surface area contributed by atoms with E-state index in [4.69, 9.17) is 5.11 Å². The molecule has 0 aromatic heterocycles. The number of nitro groups is 1. The third-order valence-corrected chi connectivity index (χ3v) is 2.39. The van der Waals surface area contributed by atoms with E-state index < -0.39 is 17.0 Å². The van der Waals surface area contributed by atoms with Gasteiger partial charge in [0.15, 0.2) is 6.29 Å². The maximum absolute atomic E-state index is 10.7. The van der Waals surface area contributed by atoms with Crippen LogP contribution in [0.15, 0.2) is 18.2 Å². The molecule has 1 aromatic rings. The van der Waals surface area contributed by atoms with Crippen LogP contribution in [-0.2, 0) is 4.79 Å². The van der Waals surface area contributed by atoms with Crippen molar-refractivity contribution in [2.75, 3.05) is 0 Å². The Bertz CT molecular complexity index is 484. The summed E-state index contributed by atoms with van der Waals surface area (Å²) in [6, 6.07) is 3.61. The van der Waals surface area contributed by atoms with Gasteiger partial charge in [0.25, 0.3) is 5.69 Å². The minimum absolute atomic E-state index is 0.0224. The minimum atomic E-state index is -1.07. The molecule has 7 heteroatoms. The van der Waals surface area contributed by atoms with Crippen LogP contribution >= 0.6 is 0 Å². The van der Waals surface area contributed by atoms with E-state index in [0.29, 0.717) is 6.29 Å². The maximum Gasteiger partial charge on any atom is 0.303 e. The number of carboxylic acids is 1. The first-order valence-corrected chi connectivity index (χ1v) is 5.09. The van der Waals surface area contributed by atoms with Crippen molar-refractivity contribution in [1.29, 1.82) is 0 Å². The number of aldehydes is 1. The molecule has 0 radical (unpaired) electrons. The fourth-order valence-corrected chi connectivity index (χ4v) is 1.47. The maximum atomic E-state index is 10.7. The van der Waals surface area contributed by atoms with Crippen molar-refractivity contribution in [3.05, 3.63) is 39.4 Å². The van der Waals surface area contributed by atoms with Crippen molar-refractivity contribution in [2.24, 2.45) is 0 Å². The van der Waals surface area contributed by atoms with Gasteiger partial charge in [-0.15, -0.1) is 0 Å². The molecule has 18 heavy (non-hydrogen) atoms. The second-order valence-corrected chi connectivity index (χ2v) is 3.64. The van der Waals surface area contributed by atoms with Crippen LogP contribution in [0.3, 0.4) is 0 Å². The molecule has 0 amide bonds. The molecule has 7 nitrogen and oxygen atoms in total. The highest BCUT2D eigenvalue weighted by molar-refractivity contribution is 5.81. The average Bonchev–Trinajstić information content (AvgIpc) is 2.34. The van der Waals surface area contributed by atoms with Crippen LogP contribution in [0.4, 0.5) is 5.69 Å². The number of rotatable bonds is 6. The minimum Gasteiger partial charge on any atom is -0.481 e. The third kappa shape index (κ3) is 3.36. The lowest BCUT2D eigenvalue weighted by Gasteiger charge is -2.09. The van der Waals surface area contributed by atoms with Crippen LogP contribution in [0.1, 0.15) is 34.9 Å². The zero-order chi connectivity index (χ0) is 13.7. The second-order valence-electron chi connectivity index (χ2n) is 3.64. The predicted octanol–water partition coefficient (Wildman–Crippen LogP) is 1.31. The van der Waals surface area contributed by atoms with Crippen molar-refractivity contribution in [1.82, 2.24) is 0 Å². The SMILES string of the molecule is O=Cc1cc(C(O)CCC(=O)O)ccc1[N+](=O)[O-]. The smallest absolute Gasteiger partial charge is 0.303 e. The largest absolute Gasteiger partial charge is 0.481 e. The van der Waals surface area contributed by atoms with Gasteiger partial charge >= 0.3 is 5.97 Å². The van der Waals surface area contributed by atoms with Crippen LogP contribution < -0.4 is 0 Å². The molecule has 0 saturated carbocycles. The second kappa shape index (κ2) is 5.87. The molecule has 0 heterocycles. The third-order valence-electron chi connectivity index (χ3n) is 2.39.